The van der Waals surface area contributed by atoms with Crippen LogP contribution in [0.1, 0.15) is 55.0 Å². The van der Waals surface area contributed by atoms with Crippen molar-refractivity contribution in [1.29, 1.82) is 0 Å². The van der Waals surface area contributed by atoms with E-state index < -0.39 is 29.6 Å². The van der Waals surface area contributed by atoms with Gasteiger partial charge >= 0.3 is 29.6 Å². The van der Waals surface area contributed by atoms with Crippen LogP contribution in [-0.2, 0) is 11.2 Å². The number of carbonyl (C=O) groups is 1. The SMILES string of the molecule is COc1ccc(F)c(-c2cnc(C3CCc4ccc([C@H](C5CC5)[C@H](C)C(=O)[O-])cc4O3)c(F)c2)c1.[Na+]. The van der Waals surface area contributed by atoms with Crippen molar-refractivity contribution in [2.24, 2.45) is 11.8 Å². The van der Waals surface area contributed by atoms with E-state index in [2.05, 4.69) is 4.98 Å². The molecule has 3 atom stereocenters. The maximum absolute atomic E-state index is 15.2. The summed E-state index contributed by atoms with van der Waals surface area (Å²) in [7, 11) is 1.48. The number of aromatic nitrogens is 1. The molecule has 2 aliphatic rings. The predicted molar refractivity (Wildman–Crippen MR) is 124 cm³/mol. The molecule has 1 unspecified atom stereocenters. The van der Waals surface area contributed by atoms with Gasteiger partial charge in [-0.05, 0) is 79.0 Å². The molecule has 182 valence electrons. The minimum atomic E-state index is -1.06. The summed E-state index contributed by atoms with van der Waals surface area (Å²) in [6, 6.07) is 11.4. The Morgan fingerprint density at radius 3 is 2.56 bits per heavy atom. The number of carbonyl (C=O) groups excluding carboxylic acids is 1. The standard InChI is InChI=1S/C28H27F2NO4.Na/c1-15(28(32)33)26(17-4-5-17)18-6-3-16-7-10-24(35-25(16)12-18)27-23(30)11-19(14-31-27)21-13-20(34-2)8-9-22(21)29;/h3,6,8-9,11-15,17,24,26H,4-5,7,10H2,1-2H3,(H,32,33);/q;+1/p-1/t15-,24?,26-;/m0./s1. The largest absolute Gasteiger partial charge is 1.00 e. The molecule has 2 heterocycles. The molecule has 1 aromatic heterocycles. The van der Waals surface area contributed by atoms with Crippen LogP contribution in [0.2, 0.25) is 0 Å². The van der Waals surface area contributed by atoms with Crippen molar-refractivity contribution >= 4 is 5.97 Å². The Bertz CT molecular complexity index is 1280. The van der Waals surface area contributed by atoms with Crippen molar-refractivity contribution in [2.75, 3.05) is 7.11 Å². The number of halogens is 2. The molecule has 0 saturated heterocycles. The molecular weight excluding hydrogens is 475 g/mol. The van der Waals surface area contributed by atoms with E-state index in [4.69, 9.17) is 9.47 Å². The topological polar surface area (TPSA) is 71.5 Å². The van der Waals surface area contributed by atoms with Crippen LogP contribution in [0.5, 0.6) is 11.5 Å². The molecule has 0 bridgehead atoms. The number of nitrogens with zero attached hydrogens (tertiary/aromatic N) is 1. The van der Waals surface area contributed by atoms with Crippen LogP contribution in [0.25, 0.3) is 11.1 Å². The van der Waals surface area contributed by atoms with Crippen LogP contribution >= 0.6 is 0 Å². The Morgan fingerprint density at radius 1 is 1.11 bits per heavy atom. The molecule has 8 heteroatoms. The number of pyridine rings is 1. The third kappa shape index (κ3) is 5.29. The van der Waals surface area contributed by atoms with E-state index in [1.165, 1.54) is 37.6 Å². The average Bonchev–Trinajstić information content (AvgIpc) is 3.69. The summed E-state index contributed by atoms with van der Waals surface area (Å²) in [4.78, 5) is 15.9. The minimum Gasteiger partial charge on any atom is -0.550 e. The number of carboxylic acid groups (broad SMARTS) is 1. The number of hydrogen-bond acceptors (Lipinski definition) is 5. The van der Waals surface area contributed by atoms with E-state index >= 15 is 4.39 Å². The number of benzene rings is 2. The molecule has 36 heavy (non-hydrogen) atoms. The van der Waals surface area contributed by atoms with Crippen LogP contribution < -0.4 is 44.1 Å². The monoisotopic (exact) mass is 501 g/mol. The number of carboxylic acids is 1. The Hall–Kier alpha value is -2.48. The maximum Gasteiger partial charge on any atom is 1.00 e. The van der Waals surface area contributed by atoms with E-state index in [-0.39, 0.29) is 46.7 Å². The summed E-state index contributed by atoms with van der Waals surface area (Å²) in [5.41, 5.74) is 2.58. The van der Waals surface area contributed by atoms with Gasteiger partial charge in [-0.2, -0.15) is 0 Å². The summed E-state index contributed by atoms with van der Waals surface area (Å²) in [5.74, 6) is -1.46. The van der Waals surface area contributed by atoms with Crippen LogP contribution in [0, 0.1) is 23.5 Å². The second-order valence-electron chi connectivity index (χ2n) is 9.42. The summed E-state index contributed by atoms with van der Waals surface area (Å²) in [6.07, 6.45) is 4.06. The normalized spacial score (nSPS) is 18.3. The van der Waals surface area contributed by atoms with Crippen molar-refractivity contribution in [1.82, 2.24) is 4.98 Å². The molecule has 0 amide bonds. The first-order chi connectivity index (χ1) is 16.9. The zero-order chi connectivity index (χ0) is 24.7. The average molecular weight is 502 g/mol. The molecule has 5 rings (SSSR count). The van der Waals surface area contributed by atoms with E-state index in [0.29, 0.717) is 35.8 Å². The Morgan fingerprint density at radius 2 is 1.89 bits per heavy atom. The molecule has 5 nitrogen and oxygen atoms in total. The number of aliphatic carboxylic acids is 1. The van der Waals surface area contributed by atoms with Crippen molar-refractivity contribution in [3.63, 3.8) is 0 Å². The van der Waals surface area contributed by atoms with Gasteiger partial charge in [0.05, 0.1) is 7.11 Å². The summed E-state index contributed by atoms with van der Waals surface area (Å²) in [5, 5.41) is 11.6. The first kappa shape index (κ1) is 26.6. The summed E-state index contributed by atoms with van der Waals surface area (Å²) in [6.45, 7) is 1.69. The van der Waals surface area contributed by atoms with Crippen molar-refractivity contribution in [3.8, 4) is 22.6 Å². The quantitative estimate of drug-likeness (QED) is 0.463. The number of rotatable bonds is 7. The third-order valence-electron chi connectivity index (χ3n) is 7.12. The number of aryl methyl sites for hydroxylation is 1. The minimum absolute atomic E-state index is 0. The van der Waals surface area contributed by atoms with Crippen LogP contribution in [0.4, 0.5) is 8.78 Å². The van der Waals surface area contributed by atoms with Crippen molar-refractivity contribution < 1.29 is 57.7 Å². The van der Waals surface area contributed by atoms with Crippen LogP contribution in [-0.4, -0.2) is 18.1 Å². The predicted octanol–water partition coefficient (Wildman–Crippen LogP) is 1.99. The second-order valence-corrected chi connectivity index (χ2v) is 9.42. The zero-order valence-corrected chi connectivity index (χ0v) is 22.6. The van der Waals surface area contributed by atoms with Crippen LogP contribution in [0.3, 0.4) is 0 Å². The van der Waals surface area contributed by atoms with Crippen molar-refractivity contribution in [2.45, 2.75) is 44.6 Å². The molecular formula is C28H26F2NNaO4. The van der Waals surface area contributed by atoms with Crippen LogP contribution in [0.15, 0.2) is 48.7 Å². The summed E-state index contributed by atoms with van der Waals surface area (Å²) < 4.78 is 40.8. The fourth-order valence-electron chi connectivity index (χ4n) is 5.04. The molecule has 3 aromatic rings. The van der Waals surface area contributed by atoms with E-state index in [0.717, 1.165) is 24.0 Å². The number of methoxy groups -OCH3 is 1. The zero-order valence-electron chi connectivity index (χ0n) is 20.6. The van der Waals surface area contributed by atoms with Gasteiger partial charge in [0.15, 0.2) is 0 Å². The summed E-state index contributed by atoms with van der Waals surface area (Å²) >= 11 is 0. The van der Waals surface area contributed by atoms with Gasteiger partial charge in [-0.25, -0.2) is 8.78 Å². The van der Waals surface area contributed by atoms with E-state index in [1.54, 1.807) is 6.92 Å². The Labute approximate surface area is 231 Å². The van der Waals surface area contributed by atoms with Gasteiger partial charge in [0.2, 0.25) is 0 Å². The third-order valence-corrected chi connectivity index (χ3v) is 7.12. The van der Waals surface area contributed by atoms with Gasteiger partial charge in [0.1, 0.15) is 34.9 Å². The van der Waals surface area contributed by atoms with E-state index in [1.807, 2.05) is 18.2 Å². The van der Waals surface area contributed by atoms with Gasteiger partial charge in [-0.1, -0.05) is 19.1 Å². The fourth-order valence-corrected chi connectivity index (χ4v) is 5.04. The van der Waals surface area contributed by atoms with E-state index in [9.17, 15) is 14.3 Å². The first-order valence-corrected chi connectivity index (χ1v) is 11.9. The van der Waals surface area contributed by atoms with Crippen molar-refractivity contribution in [3.05, 3.63) is 77.1 Å². The molecule has 0 spiro atoms. The van der Waals surface area contributed by atoms with Gasteiger partial charge < -0.3 is 19.4 Å². The molecule has 0 radical (unpaired) electrons. The van der Waals surface area contributed by atoms with Gasteiger partial charge in [0.25, 0.3) is 0 Å². The van der Waals surface area contributed by atoms with Gasteiger partial charge in [-0.3, -0.25) is 4.98 Å². The second kappa shape index (κ2) is 10.9. The molecule has 0 N–H and O–H groups in total. The molecule has 1 aliphatic heterocycles. The fraction of sp³-hybridized carbons (Fsp3) is 0.357. The smallest absolute Gasteiger partial charge is 0.550 e. The number of fused-ring (bicyclic) bond motifs is 1. The van der Waals surface area contributed by atoms with Gasteiger partial charge in [-0.15, -0.1) is 0 Å². The molecule has 1 fully saturated rings. The molecule has 1 aliphatic carbocycles. The van der Waals surface area contributed by atoms with Gasteiger partial charge in [0, 0.05) is 29.2 Å². The molecule has 1 saturated carbocycles. The number of hydrogen-bond donors (Lipinski definition) is 0. The number of ether oxygens (including phenoxy) is 2. The Kier molecular flexibility index (Phi) is 8.03. The Balaban J connectivity index is 0.00000304. The maximum atomic E-state index is 15.2. The first-order valence-electron chi connectivity index (χ1n) is 11.9. The molecule has 2 aromatic carbocycles.